The third-order valence-electron chi connectivity index (χ3n) is 4.75. The van der Waals surface area contributed by atoms with Gasteiger partial charge < -0.3 is 14.8 Å². The summed E-state index contributed by atoms with van der Waals surface area (Å²) < 4.78 is 5.54. The number of benzene rings is 1. The van der Waals surface area contributed by atoms with Crippen LogP contribution in [0, 0.1) is 6.92 Å². The molecule has 26 heavy (non-hydrogen) atoms. The Hall–Kier alpha value is -2.22. The smallest absolute Gasteiger partial charge is 0.251 e. The van der Waals surface area contributed by atoms with Gasteiger partial charge in [0.25, 0.3) is 5.91 Å². The summed E-state index contributed by atoms with van der Waals surface area (Å²) in [6.07, 6.45) is 0.121. The Balaban J connectivity index is 1.38. The van der Waals surface area contributed by atoms with Crippen molar-refractivity contribution in [1.82, 2.24) is 15.2 Å². The van der Waals surface area contributed by atoms with Gasteiger partial charge in [-0.25, -0.2) is 4.98 Å². The number of carbonyl (C=O) groups is 1. The van der Waals surface area contributed by atoms with Crippen molar-refractivity contribution in [3.8, 4) is 0 Å². The number of aliphatic hydroxyl groups excluding tert-OH is 1. The molecule has 2 N–H and O–H groups in total. The molecule has 3 aromatic rings. The van der Waals surface area contributed by atoms with E-state index < -0.39 is 6.10 Å². The van der Waals surface area contributed by atoms with Crippen LogP contribution in [0.25, 0.3) is 11.0 Å². The maximum absolute atomic E-state index is 12.6. The van der Waals surface area contributed by atoms with Crippen LogP contribution in [-0.4, -0.2) is 46.1 Å². The summed E-state index contributed by atoms with van der Waals surface area (Å²) in [7, 11) is 0. The summed E-state index contributed by atoms with van der Waals surface area (Å²) in [5.74, 6) is 0.656. The molecular formula is C19H21N3O3S. The SMILES string of the molecule is Cc1cc2cc(C(=O)N[C@@H]3CCN(Cc4cscn4)C[C@H]3O)ccc2o1. The van der Waals surface area contributed by atoms with Gasteiger partial charge in [-0.2, -0.15) is 0 Å². The third kappa shape index (κ3) is 3.65. The van der Waals surface area contributed by atoms with E-state index in [1.807, 2.05) is 36.0 Å². The van der Waals surface area contributed by atoms with Crippen LogP contribution in [0.5, 0.6) is 0 Å². The van der Waals surface area contributed by atoms with Crippen LogP contribution in [0.2, 0.25) is 0 Å². The highest BCUT2D eigenvalue weighted by Crippen LogP contribution is 2.21. The zero-order valence-electron chi connectivity index (χ0n) is 14.5. The minimum Gasteiger partial charge on any atom is -0.461 e. The number of aliphatic hydroxyl groups is 1. The summed E-state index contributed by atoms with van der Waals surface area (Å²) in [5.41, 5.74) is 4.19. The van der Waals surface area contributed by atoms with Crippen LogP contribution in [0.4, 0.5) is 0 Å². The van der Waals surface area contributed by atoms with E-state index in [-0.39, 0.29) is 11.9 Å². The van der Waals surface area contributed by atoms with E-state index in [1.54, 1.807) is 17.4 Å². The summed E-state index contributed by atoms with van der Waals surface area (Å²) in [4.78, 5) is 19.0. The number of piperidine rings is 1. The molecule has 3 heterocycles. The molecule has 0 bridgehead atoms. The highest BCUT2D eigenvalue weighted by atomic mass is 32.1. The molecule has 1 fully saturated rings. The summed E-state index contributed by atoms with van der Waals surface area (Å²) in [5, 5.41) is 16.4. The topological polar surface area (TPSA) is 78.6 Å². The molecule has 2 atom stereocenters. The quantitative estimate of drug-likeness (QED) is 0.737. The molecule has 1 saturated heterocycles. The predicted octanol–water partition coefficient (Wildman–Crippen LogP) is 2.56. The number of nitrogens with zero attached hydrogens (tertiary/aromatic N) is 2. The lowest BCUT2D eigenvalue weighted by atomic mass is 10.0. The predicted molar refractivity (Wildman–Crippen MR) is 100 cm³/mol. The average molecular weight is 371 g/mol. The molecule has 0 saturated carbocycles. The maximum Gasteiger partial charge on any atom is 0.251 e. The Bertz CT molecular complexity index is 906. The van der Waals surface area contributed by atoms with Crippen molar-refractivity contribution in [2.45, 2.75) is 32.0 Å². The number of rotatable bonds is 4. The number of aromatic nitrogens is 1. The zero-order chi connectivity index (χ0) is 18.1. The van der Waals surface area contributed by atoms with Crippen LogP contribution in [0.15, 0.2) is 39.6 Å². The summed E-state index contributed by atoms with van der Waals surface area (Å²) in [6, 6.07) is 7.06. The molecule has 136 valence electrons. The molecule has 2 aromatic heterocycles. The van der Waals surface area contributed by atoms with Gasteiger partial charge in [-0.3, -0.25) is 9.69 Å². The van der Waals surface area contributed by atoms with Gasteiger partial charge in [-0.15, -0.1) is 11.3 Å². The number of fused-ring (bicyclic) bond motifs is 1. The number of thiazole rings is 1. The second-order valence-corrected chi connectivity index (χ2v) is 7.48. The van der Waals surface area contributed by atoms with Crippen LogP contribution >= 0.6 is 11.3 Å². The van der Waals surface area contributed by atoms with Crippen molar-refractivity contribution in [3.05, 3.63) is 52.2 Å². The summed E-state index contributed by atoms with van der Waals surface area (Å²) in [6.45, 7) is 3.97. The maximum atomic E-state index is 12.6. The second-order valence-electron chi connectivity index (χ2n) is 6.76. The normalized spacial score (nSPS) is 21.2. The lowest BCUT2D eigenvalue weighted by molar-refractivity contribution is 0.0346. The minimum absolute atomic E-state index is 0.164. The Morgan fingerprint density at radius 1 is 1.46 bits per heavy atom. The first-order valence-corrected chi connectivity index (χ1v) is 9.61. The van der Waals surface area contributed by atoms with Crippen LogP contribution in [0.1, 0.15) is 28.2 Å². The van der Waals surface area contributed by atoms with Gasteiger partial charge in [0, 0.05) is 36.0 Å². The summed E-state index contributed by atoms with van der Waals surface area (Å²) >= 11 is 1.57. The molecule has 4 rings (SSSR count). The fourth-order valence-electron chi connectivity index (χ4n) is 3.42. The van der Waals surface area contributed by atoms with Gasteiger partial charge in [-0.1, -0.05) is 0 Å². The van der Waals surface area contributed by atoms with Crippen molar-refractivity contribution in [1.29, 1.82) is 0 Å². The lowest BCUT2D eigenvalue weighted by Crippen LogP contribution is -2.53. The van der Waals surface area contributed by atoms with Crippen molar-refractivity contribution >= 4 is 28.2 Å². The molecular weight excluding hydrogens is 350 g/mol. The van der Waals surface area contributed by atoms with Gasteiger partial charge in [0.1, 0.15) is 11.3 Å². The number of hydrogen-bond acceptors (Lipinski definition) is 6. The molecule has 1 aliphatic heterocycles. The fourth-order valence-corrected chi connectivity index (χ4v) is 3.97. The first-order valence-electron chi connectivity index (χ1n) is 8.67. The number of furan rings is 1. The first kappa shape index (κ1) is 17.2. The van der Waals surface area contributed by atoms with E-state index >= 15 is 0 Å². The van der Waals surface area contributed by atoms with Crippen LogP contribution < -0.4 is 5.32 Å². The van der Waals surface area contributed by atoms with Gasteiger partial charge in [0.2, 0.25) is 0 Å². The van der Waals surface area contributed by atoms with E-state index in [2.05, 4.69) is 15.2 Å². The largest absolute Gasteiger partial charge is 0.461 e. The van der Waals surface area contributed by atoms with Crippen molar-refractivity contribution in [2.24, 2.45) is 0 Å². The number of β-amino-alcohol motifs (C(OH)–C–C–N with tert-alkyl or cyclic N) is 1. The number of likely N-dealkylation sites (tertiary alicyclic amines) is 1. The van der Waals surface area contributed by atoms with Crippen molar-refractivity contribution in [2.75, 3.05) is 13.1 Å². The molecule has 1 aliphatic rings. The molecule has 1 aromatic carbocycles. The van der Waals surface area contributed by atoms with Gasteiger partial charge in [0.15, 0.2) is 0 Å². The molecule has 7 heteroatoms. The molecule has 0 aliphatic carbocycles. The molecule has 0 unspecified atom stereocenters. The monoisotopic (exact) mass is 371 g/mol. The number of hydrogen-bond donors (Lipinski definition) is 2. The second kappa shape index (κ2) is 7.19. The molecule has 1 amide bonds. The van der Waals surface area contributed by atoms with Gasteiger partial charge in [0.05, 0.1) is 23.4 Å². The number of aryl methyl sites for hydroxylation is 1. The Kier molecular flexibility index (Phi) is 4.76. The number of carbonyl (C=O) groups excluding carboxylic acids is 1. The Morgan fingerprint density at radius 2 is 2.35 bits per heavy atom. The van der Waals surface area contributed by atoms with Crippen molar-refractivity contribution < 1.29 is 14.3 Å². The van der Waals surface area contributed by atoms with E-state index in [0.717, 1.165) is 35.5 Å². The Labute approximate surface area is 155 Å². The highest BCUT2D eigenvalue weighted by Gasteiger charge is 2.29. The van der Waals surface area contributed by atoms with E-state index in [1.165, 1.54) is 0 Å². The number of amides is 1. The van der Waals surface area contributed by atoms with Crippen molar-refractivity contribution in [3.63, 3.8) is 0 Å². The average Bonchev–Trinajstić information content (AvgIpc) is 3.24. The van der Waals surface area contributed by atoms with E-state index in [4.69, 9.17) is 4.42 Å². The third-order valence-corrected chi connectivity index (χ3v) is 5.39. The fraction of sp³-hybridized carbons (Fsp3) is 0.368. The van der Waals surface area contributed by atoms with Crippen LogP contribution in [0.3, 0.4) is 0 Å². The highest BCUT2D eigenvalue weighted by molar-refractivity contribution is 7.07. The molecule has 6 nitrogen and oxygen atoms in total. The minimum atomic E-state index is -0.591. The first-order chi connectivity index (χ1) is 12.6. The van der Waals surface area contributed by atoms with Gasteiger partial charge >= 0.3 is 0 Å². The van der Waals surface area contributed by atoms with E-state index in [9.17, 15) is 9.90 Å². The molecule has 0 spiro atoms. The lowest BCUT2D eigenvalue weighted by Gasteiger charge is -2.35. The zero-order valence-corrected chi connectivity index (χ0v) is 15.3. The number of nitrogens with one attached hydrogen (secondary N) is 1. The Morgan fingerprint density at radius 3 is 3.12 bits per heavy atom. The van der Waals surface area contributed by atoms with E-state index in [0.29, 0.717) is 18.5 Å². The molecule has 0 radical (unpaired) electrons. The standard InChI is InChI=1S/C19H21N3O3S/c1-12-6-14-7-13(2-3-18(14)25-12)19(24)21-16-4-5-22(9-17(16)23)8-15-10-26-11-20-15/h2-3,6-7,10-11,16-17,23H,4-5,8-9H2,1H3,(H,21,24)/t16-,17-/m1/s1. The van der Waals surface area contributed by atoms with Crippen LogP contribution in [-0.2, 0) is 6.54 Å². The van der Waals surface area contributed by atoms with Gasteiger partial charge in [-0.05, 0) is 37.6 Å².